The Morgan fingerprint density at radius 3 is 2.68 bits per heavy atom. The lowest BCUT2D eigenvalue weighted by atomic mass is 9.85. The molecule has 1 aromatic heterocycles. The summed E-state index contributed by atoms with van der Waals surface area (Å²) in [5.41, 5.74) is 1.33. The van der Waals surface area contributed by atoms with Crippen LogP contribution in [0.3, 0.4) is 0 Å². The molecule has 0 spiro atoms. The Balaban J connectivity index is 1.62. The predicted octanol–water partition coefficient (Wildman–Crippen LogP) is 1.57. The SMILES string of the molecule is CN=C(NCc1ncnn1C)NCC1CCCN(C)C1c1ccc(OC)cc1. The van der Waals surface area contributed by atoms with Gasteiger partial charge in [0, 0.05) is 26.7 Å². The van der Waals surface area contributed by atoms with Crippen molar-refractivity contribution in [2.45, 2.75) is 25.4 Å². The molecule has 2 heterocycles. The highest BCUT2D eigenvalue weighted by Crippen LogP contribution is 2.35. The Morgan fingerprint density at radius 1 is 1.25 bits per heavy atom. The van der Waals surface area contributed by atoms with Crippen molar-refractivity contribution in [3.05, 3.63) is 42.0 Å². The van der Waals surface area contributed by atoms with Crippen LogP contribution < -0.4 is 15.4 Å². The van der Waals surface area contributed by atoms with Gasteiger partial charge in [0.05, 0.1) is 13.7 Å². The molecule has 0 amide bonds. The lowest BCUT2D eigenvalue weighted by Crippen LogP contribution is -2.45. The molecular formula is C20H31N7O. The van der Waals surface area contributed by atoms with E-state index in [2.05, 4.69) is 49.8 Å². The van der Waals surface area contributed by atoms with E-state index in [9.17, 15) is 0 Å². The van der Waals surface area contributed by atoms with Gasteiger partial charge < -0.3 is 15.4 Å². The fraction of sp³-hybridized carbons (Fsp3) is 0.550. The number of ether oxygens (including phenoxy) is 1. The van der Waals surface area contributed by atoms with Gasteiger partial charge in [-0.1, -0.05) is 12.1 Å². The smallest absolute Gasteiger partial charge is 0.191 e. The molecule has 8 heteroatoms. The number of benzene rings is 1. The van der Waals surface area contributed by atoms with E-state index in [0.717, 1.165) is 30.6 Å². The molecule has 28 heavy (non-hydrogen) atoms. The van der Waals surface area contributed by atoms with Crippen molar-refractivity contribution >= 4 is 5.96 Å². The number of aromatic nitrogens is 3. The van der Waals surface area contributed by atoms with Crippen LogP contribution in [0.5, 0.6) is 5.75 Å². The summed E-state index contributed by atoms with van der Waals surface area (Å²) in [6.45, 7) is 2.56. The zero-order valence-corrected chi connectivity index (χ0v) is 17.2. The zero-order chi connectivity index (χ0) is 19.9. The highest BCUT2D eigenvalue weighted by Gasteiger charge is 2.30. The first-order valence-electron chi connectivity index (χ1n) is 9.74. The molecule has 152 valence electrons. The lowest BCUT2D eigenvalue weighted by Gasteiger charge is -2.40. The maximum absolute atomic E-state index is 5.31. The quantitative estimate of drug-likeness (QED) is 0.580. The van der Waals surface area contributed by atoms with Gasteiger partial charge in [-0.05, 0) is 50.0 Å². The molecule has 2 N–H and O–H groups in total. The third-order valence-corrected chi connectivity index (χ3v) is 5.44. The van der Waals surface area contributed by atoms with Gasteiger partial charge in [0.1, 0.15) is 17.9 Å². The Morgan fingerprint density at radius 2 is 2.04 bits per heavy atom. The second-order valence-corrected chi connectivity index (χ2v) is 7.21. The van der Waals surface area contributed by atoms with Crippen molar-refractivity contribution in [2.24, 2.45) is 18.0 Å². The van der Waals surface area contributed by atoms with Crippen LogP contribution in [-0.2, 0) is 13.6 Å². The van der Waals surface area contributed by atoms with E-state index >= 15 is 0 Å². The second-order valence-electron chi connectivity index (χ2n) is 7.21. The molecule has 2 atom stereocenters. The van der Waals surface area contributed by atoms with E-state index in [4.69, 9.17) is 4.74 Å². The second kappa shape index (κ2) is 9.54. The van der Waals surface area contributed by atoms with Gasteiger partial charge >= 0.3 is 0 Å². The number of aliphatic imine (C=N–C) groups is 1. The highest BCUT2D eigenvalue weighted by atomic mass is 16.5. The zero-order valence-electron chi connectivity index (χ0n) is 17.2. The van der Waals surface area contributed by atoms with E-state index in [1.165, 1.54) is 18.4 Å². The van der Waals surface area contributed by atoms with Crippen LogP contribution in [0.2, 0.25) is 0 Å². The maximum atomic E-state index is 5.31. The molecule has 0 radical (unpaired) electrons. The van der Waals surface area contributed by atoms with Crippen molar-refractivity contribution in [3.8, 4) is 5.75 Å². The van der Waals surface area contributed by atoms with Crippen LogP contribution in [0.15, 0.2) is 35.6 Å². The van der Waals surface area contributed by atoms with Crippen LogP contribution in [0.25, 0.3) is 0 Å². The molecule has 0 bridgehead atoms. The van der Waals surface area contributed by atoms with Gasteiger partial charge in [0.15, 0.2) is 5.96 Å². The third-order valence-electron chi connectivity index (χ3n) is 5.44. The van der Waals surface area contributed by atoms with Crippen molar-refractivity contribution in [1.29, 1.82) is 0 Å². The molecule has 1 aliphatic heterocycles. The number of nitrogens with zero attached hydrogens (tertiary/aromatic N) is 5. The third kappa shape index (κ3) is 4.81. The fourth-order valence-electron chi connectivity index (χ4n) is 3.89. The number of guanidine groups is 1. The molecular weight excluding hydrogens is 354 g/mol. The summed E-state index contributed by atoms with van der Waals surface area (Å²) in [6.07, 6.45) is 3.96. The number of piperidine rings is 1. The molecule has 8 nitrogen and oxygen atoms in total. The molecule has 0 saturated carbocycles. The highest BCUT2D eigenvalue weighted by molar-refractivity contribution is 5.79. The Kier molecular flexibility index (Phi) is 6.86. The average molecular weight is 386 g/mol. The topological polar surface area (TPSA) is 79.6 Å². The minimum absolute atomic E-state index is 0.379. The van der Waals surface area contributed by atoms with E-state index in [1.54, 1.807) is 25.2 Å². The van der Waals surface area contributed by atoms with Gasteiger partial charge in [0.2, 0.25) is 0 Å². The number of likely N-dealkylation sites (tertiary alicyclic amines) is 1. The van der Waals surface area contributed by atoms with Gasteiger partial charge in [0.25, 0.3) is 0 Å². The Hall–Kier alpha value is -2.61. The van der Waals surface area contributed by atoms with Gasteiger partial charge in [-0.3, -0.25) is 14.6 Å². The number of hydrogen-bond acceptors (Lipinski definition) is 5. The lowest BCUT2D eigenvalue weighted by molar-refractivity contribution is 0.122. The van der Waals surface area contributed by atoms with Gasteiger partial charge in [-0.2, -0.15) is 5.10 Å². The maximum Gasteiger partial charge on any atom is 0.191 e. The van der Waals surface area contributed by atoms with E-state index in [-0.39, 0.29) is 0 Å². The van der Waals surface area contributed by atoms with Crippen LogP contribution in [-0.4, -0.2) is 59.9 Å². The monoisotopic (exact) mass is 385 g/mol. The number of aryl methyl sites for hydroxylation is 1. The molecule has 3 rings (SSSR count). The molecule has 1 saturated heterocycles. The Bertz CT molecular complexity index is 771. The summed E-state index contributed by atoms with van der Waals surface area (Å²) < 4.78 is 7.07. The average Bonchev–Trinajstić information content (AvgIpc) is 3.13. The summed E-state index contributed by atoms with van der Waals surface area (Å²) in [6, 6.07) is 8.83. The number of rotatable bonds is 6. The summed E-state index contributed by atoms with van der Waals surface area (Å²) in [5, 5.41) is 10.9. The predicted molar refractivity (Wildman–Crippen MR) is 110 cm³/mol. The standard InChI is InChI=1S/C20H31N7O/c1-21-20(23-13-18-24-14-25-27(18)3)22-12-16-6-5-11-26(2)19(16)15-7-9-17(28-4)10-8-15/h7-10,14,16,19H,5-6,11-13H2,1-4H3,(H2,21,22,23). The van der Waals surface area contributed by atoms with Crippen molar-refractivity contribution in [3.63, 3.8) is 0 Å². The number of methoxy groups -OCH3 is 1. The summed E-state index contributed by atoms with van der Waals surface area (Å²) >= 11 is 0. The first kappa shape index (κ1) is 20.1. The number of nitrogens with one attached hydrogen (secondary N) is 2. The molecule has 0 aliphatic carbocycles. The summed E-state index contributed by atoms with van der Waals surface area (Å²) in [4.78, 5) is 11.0. The van der Waals surface area contributed by atoms with Crippen LogP contribution in [0, 0.1) is 5.92 Å². The van der Waals surface area contributed by atoms with Gasteiger partial charge in [-0.15, -0.1) is 0 Å². The molecule has 2 aromatic rings. The van der Waals surface area contributed by atoms with E-state index < -0.39 is 0 Å². The van der Waals surface area contributed by atoms with Crippen molar-refractivity contribution < 1.29 is 4.74 Å². The van der Waals surface area contributed by atoms with Crippen molar-refractivity contribution in [1.82, 2.24) is 30.3 Å². The van der Waals surface area contributed by atoms with E-state index in [0.29, 0.717) is 18.5 Å². The van der Waals surface area contributed by atoms with Crippen LogP contribution >= 0.6 is 0 Å². The number of hydrogen-bond donors (Lipinski definition) is 2. The normalized spacial score (nSPS) is 20.8. The Labute approximate surface area is 167 Å². The summed E-state index contributed by atoms with van der Waals surface area (Å²) in [7, 11) is 7.59. The molecule has 1 aliphatic rings. The summed E-state index contributed by atoms with van der Waals surface area (Å²) in [5.74, 6) is 3.05. The fourth-order valence-corrected chi connectivity index (χ4v) is 3.89. The van der Waals surface area contributed by atoms with Crippen LogP contribution in [0.4, 0.5) is 0 Å². The van der Waals surface area contributed by atoms with Gasteiger partial charge in [-0.25, -0.2) is 4.98 Å². The first-order valence-corrected chi connectivity index (χ1v) is 9.74. The van der Waals surface area contributed by atoms with E-state index in [1.807, 2.05) is 19.2 Å². The molecule has 1 aromatic carbocycles. The molecule has 2 unspecified atom stereocenters. The first-order chi connectivity index (χ1) is 13.6. The largest absolute Gasteiger partial charge is 0.497 e. The van der Waals surface area contributed by atoms with Crippen LogP contribution in [0.1, 0.15) is 30.3 Å². The minimum atomic E-state index is 0.379. The van der Waals surface area contributed by atoms with Crippen molar-refractivity contribution in [2.75, 3.05) is 34.3 Å². The molecule has 1 fully saturated rings. The minimum Gasteiger partial charge on any atom is -0.497 e.